The Morgan fingerprint density at radius 1 is 1.40 bits per heavy atom. The number of rotatable bonds is 5. The minimum Gasteiger partial charge on any atom is -0.257 e. The predicted octanol–water partition coefficient (Wildman–Crippen LogP) is 3.28. The summed E-state index contributed by atoms with van der Waals surface area (Å²) in [5.74, 6) is -0.628. The van der Waals surface area contributed by atoms with Gasteiger partial charge in [-0.05, 0) is 23.8 Å². The van der Waals surface area contributed by atoms with Gasteiger partial charge >= 0.3 is 0 Å². The predicted molar refractivity (Wildman–Crippen MR) is 70.4 cm³/mol. The molecular weight excluding hydrogens is 289 g/mol. The zero-order valence-corrected chi connectivity index (χ0v) is 11.5. The molecule has 0 radical (unpaired) electrons. The van der Waals surface area contributed by atoms with E-state index in [1.807, 2.05) is 0 Å². The Balaban J connectivity index is 2.50. The summed E-state index contributed by atoms with van der Waals surface area (Å²) in [4.78, 5) is 0. The molecule has 1 aromatic carbocycles. The van der Waals surface area contributed by atoms with Gasteiger partial charge in [0.25, 0.3) is 6.43 Å². The van der Waals surface area contributed by atoms with Crippen molar-refractivity contribution in [3.05, 3.63) is 53.6 Å². The second-order valence-corrected chi connectivity index (χ2v) is 5.87. The van der Waals surface area contributed by atoms with Crippen LogP contribution in [-0.4, -0.2) is 19.7 Å². The summed E-state index contributed by atoms with van der Waals surface area (Å²) in [5, 5.41) is 3.30. The summed E-state index contributed by atoms with van der Waals surface area (Å²) in [6.45, 7) is 1.73. The van der Waals surface area contributed by atoms with Crippen molar-refractivity contribution in [2.45, 2.75) is 18.7 Å². The van der Waals surface area contributed by atoms with E-state index >= 15 is 0 Å². The summed E-state index contributed by atoms with van der Waals surface area (Å²) >= 11 is 0. The third-order valence-electron chi connectivity index (χ3n) is 2.84. The van der Waals surface area contributed by atoms with Crippen LogP contribution in [0.4, 0.5) is 13.2 Å². The van der Waals surface area contributed by atoms with Gasteiger partial charge in [0, 0.05) is 18.1 Å². The van der Waals surface area contributed by atoms with Gasteiger partial charge in [0.1, 0.15) is 5.82 Å². The van der Waals surface area contributed by atoms with Crippen molar-refractivity contribution < 1.29 is 17.4 Å². The molecule has 1 heterocycles. The zero-order chi connectivity index (χ0) is 14.7. The minimum atomic E-state index is -2.91. The van der Waals surface area contributed by atoms with Crippen LogP contribution in [0.2, 0.25) is 0 Å². The normalized spacial score (nSPS) is 14.4. The third kappa shape index (κ3) is 2.92. The van der Waals surface area contributed by atoms with Crippen LogP contribution in [0.1, 0.15) is 29.8 Å². The summed E-state index contributed by atoms with van der Waals surface area (Å²) in [6.07, 6.45) is 0.199. The van der Waals surface area contributed by atoms with Crippen molar-refractivity contribution in [1.29, 1.82) is 0 Å². The number of benzene rings is 1. The molecule has 2 unspecified atom stereocenters. The van der Waals surface area contributed by atoms with Crippen LogP contribution in [0, 0.1) is 5.82 Å². The van der Waals surface area contributed by atoms with E-state index in [1.54, 1.807) is 19.2 Å². The molecule has 3 nitrogen and oxygen atoms in total. The van der Waals surface area contributed by atoms with Crippen molar-refractivity contribution in [2.24, 2.45) is 0 Å². The lowest BCUT2D eigenvalue weighted by Gasteiger charge is -2.18. The zero-order valence-electron chi connectivity index (χ0n) is 10.7. The molecule has 0 bridgehead atoms. The fourth-order valence-corrected chi connectivity index (χ4v) is 3.02. The monoisotopic (exact) mass is 302 g/mol. The van der Waals surface area contributed by atoms with E-state index in [0.717, 1.165) is 12.1 Å². The number of hydrogen-bond donors (Lipinski definition) is 0. The average molecular weight is 302 g/mol. The fourth-order valence-electron chi connectivity index (χ4n) is 1.89. The van der Waals surface area contributed by atoms with Crippen LogP contribution in [0.5, 0.6) is 0 Å². The van der Waals surface area contributed by atoms with Crippen molar-refractivity contribution in [2.75, 3.05) is 5.75 Å². The van der Waals surface area contributed by atoms with Gasteiger partial charge in [-0.15, -0.1) is 0 Å². The number of halogens is 3. The van der Waals surface area contributed by atoms with E-state index in [4.69, 9.17) is 0 Å². The number of aromatic nitrogens is 2. The highest BCUT2D eigenvalue weighted by molar-refractivity contribution is 7.85. The highest BCUT2D eigenvalue weighted by Gasteiger charge is 2.23. The van der Waals surface area contributed by atoms with Gasteiger partial charge in [-0.25, -0.2) is 13.2 Å². The molecule has 0 fully saturated rings. The van der Waals surface area contributed by atoms with Gasteiger partial charge in [-0.2, -0.15) is 5.10 Å². The first kappa shape index (κ1) is 14.8. The van der Waals surface area contributed by atoms with Crippen molar-refractivity contribution in [3.63, 3.8) is 0 Å². The maximum Gasteiger partial charge on any atom is 0.266 e. The maximum atomic E-state index is 13.3. The lowest BCUT2D eigenvalue weighted by atomic mass is 10.1. The second kappa shape index (κ2) is 6.21. The molecule has 0 saturated carbocycles. The Morgan fingerprint density at radius 2 is 2.15 bits per heavy atom. The molecule has 0 aliphatic heterocycles. The fraction of sp³-hybridized carbons (Fsp3) is 0.308. The topological polar surface area (TPSA) is 34.9 Å². The number of nitrogens with zero attached hydrogens (tertiary/aromatic N) is 2. The van der Waals surface area contributed by atoms with Crippen molar-refractivity contribution in [1.82, 2.24) is 9.78 Å². The molecule has 1 aromatic heterocycles. The molecule has 108 valence electrons. The summed E-state index contributed by atoms with van der Waals surface area (Å²) < 4.78 is 52.4. The Morgan fingerprint density at radius 3 is 2.70 bits per heavy atom. The van der Waals surface area contributed by atoms with Crippen LogP contribution >= 0.6 is 0 Å². The van der Waals surface area contributed by atoms with Crippen molar-refractivity contribution in [3.8, 4) is 0 Å². The third-order valence-corrected chi connectivity index (χ3v) is 4.39. The van der Waals surface area contributed by atoms with E-state index < -0.39 is 34.0 Å². The van der Waals surface area contributed by atoms with Gasteiger partial charge in [0.15, 0.2) is 5.37 Å². The SMILES string of the molecule is CCS(=O)C(c1ccc(F)c(C(F)F)c1)n1cccn1. The first-order valence-electron chi connectivity index (χ1n) is 5.98. The minimum absolute atomic E-state index is 0.339. The lowest BCUT2D eigenvalue weighted by molar-refractivity contribution is 0.146. The van der Waals surface area contributed by atoms with Crippen LogP contribution < -0.4 is 0 Å². The quantitative estimate of drug-likeness (QED) is 0.849. The Bertz CT molecular complexity index is 602. The van der Waals surface area contributed by atoms with Gasteiger partial charge in [0.05, 0.1) is 16.4 Å². The Hall–Kier alpha value is -1.63. The molecule has 2 rings (SSSR count). The standard InChI is InChI=1S/C13H13F3N2OS/c1-2-20(19)13(18-7-3-6-17-18)9-4-5-11(14)10(8-9)12(15)16/h3-8,12-13H,2H2,1H3. The van der Waals surface area contributed by atoms with Crippen LogP contribution in [0.15, 0.2) is 36.7 Å². The maximum absolute atomic E-state index is 13.3. The van der Waals surface area contributed by atoms with E-state index in [9.17, 15) is 17.4 Å². The van der Waals surface area contributed by atoms with Gasteiger partial charge in [-0.3, -0.25) is 8.89 Å². The van der Waals surface area contributed by atoms with Crippen LogP contribution in [0.25, 0.3) is 0 Å². The van der Waals surface area contributed by atoms with Crippen molar-refractivity contribution >= 4 is 10.8 Å². The van der Waals surface area contributed by atoms with Crippen LogP contribution in [-0.2, 0) is 10.8 Å². The van der Waals surface area contributed by atoms with E-state index in [2.05, 4.69) is 5.10 Å². The van der Waals surface area contributed by atoms with Crippen LogP contribution in [0.3, 0.4) is 0 Å². The molecule has 0 aliphatic carbocycles. The van der Waals surface area contributed by atoms with E-state index in [-0.39, 0.29) is 0 Å². The molecule has 0 N–H and O–H groups in total. The number of hydrogen-bond acceptors (Lipinski definition) is 2. The highest BCUT2D eigenvalue weighted by Crippen LogP contribution is 2.28. The second-order valence-electron chi connectivity index (χ2n) is 4.09. The molecule has 20 heavy (non-hydrogen) atoms. The lowest BCUT2D eigenvalue weighted by Crippen LogP contribution is -2.18. The van der Waals surface area contributed by atoms with Gasteiger partial charge in [-0.1, -0.05) is 13.0 Å². The summed E-state index contributed by atoms with van der Waals surface area (Å²) in [5.41, 5.74) is -0.335. The smallest absolute Gasteiger partial charge is 0.257 e. The summed E-state index contributed by atoms with van der Waals surface area (Å²) in [7, 11) is -1.34. The first-order valence-corrected chi connectivity index (χ1v) is 7.36. The molecular formula is C13H13F3N2OS. The molecule has 2 aromatic rings. The van der Waals surface area contributed by atoms with Gasteiger partial charge in [0.2, 0.25) is 0 Å². The Labute approximate surface area is 116 Å². The average Bonchev–Trinajstić information content (AvgIpc) is 2.94. The highest BCUT2D eigenvalue weighted by atomic mass is 32.2. The molecule has 7 heteroatoms. The van der Waals surface area contributed by atoms with E-state index in [1.165, 1.54) is 16.9 Å². The Kier molecular flexibility index (Phi) is 4.59. The number of alkyl halides is 2. The molecule has 0 aliphatic rings. The molecule has 0 saturated heterocycles. The molecule has 0 amide bonds. The molecule has 2 atom stereocenters. The summed E-state index contributed by atoms with van der Waals surface area (Å²) in [6, 6.07) is 5.04. The molecule has 0 spiro atoms. The van der Waals surface area contributed by atoms with E-state index in [0.29, 0.717) is 11.3 Å². The van der Waals surface area contributed by atoms with Gasteiger partial charge < -0.3 is 0 Å². The first-order chi connectivity index (χ1) is 9.54. The largest absolute Gasteiger partial charge is 0.266 e.